The maximum absolute atomic E-state index is 13.9. The quantitative estimate of drug-likeness (QED) is 0.839. The maximum atomic E-state index is 13.9. The van der Waals surface area contributed by atoms with Gasteiger partial charge in [0, 0.05) is 6.07 Å². The zero-order valence-electron chi connectivity index (χ0n) is 8.72. The van der Waals surface area contributed by atoms with Gasteiger partial charge >= 0.3 is 0 Å². The summed E-state index contributed by atoms with van der Waals surface area (Å²) in [6, 6.07) is 2.39. The van der Waals surface area contributed by atoms with Crippen molar-refractivity contribution in [3.05, 3.63) is 28.2 Å². The highest BCUT2D eigenvalue weighted by Crippen LogP contribution is 2.37. The van der Waals surface area contributed by atoms with Gasteiger partial charge in [-0.15, -0.1) is 0 Å². The lowest BCUT2D eigenvalue weighted by Gasteiger charge is -2.10. The number of hydrogen-bond donors (Lipinski definition) is 2. The van der Waals surface area contributed by atoms with Gasteiger partial charge in [-0.05, 0) is 22.0 Å². The number of anilines is 1. The molecule has 7 heteroatoms. The third-order valence-electron chi connectivity index (χ3n) is 2.20. The Balaban J connectivity index is 2.74. The lowest BCUT2D eigenvalue weighted by molar-refractivity contribution is 0.384. The van der Waals surface area contributed by atoms with Crippen molar-refractivity contribution in [2.24, 2.45) is 0 Å². The van der Waals surface area contributed by atoms with Crippen molar-refractivity contribution in [3.63, 3.8) is 0 Å². The molecule has 1 aromatic carbocycles. The predicted molar refractivity (Wildman–Crippen MR) is 62.6 cm³/mol. The Morgan fingerprint density at radius 3 is 2.65 bits per heavy atom. The van der Waals surface area contributed by atoms with E-state index in [2.05, 4.69) is 26.1 Å². The van der Waals surface area contributed by atoms with Crippen LogP contribution in [0.4, 0.5) is 14.6 Å². The van der Waals surface area contributed by atoms with Gasteiger partial charge in [-0.25, -0.2) is 8.78 Å². The van der Waals surface area contributed by atoms with Gasteiger partial charge < -0.3 is 10.5 Å². The van der Waals surface area contributed by atoms with Gasteiger partial charge in [0.1, 0.15) is 5.82 Å². The number of nitrogens with zero attached hydrogens (tertiary/aromatic N) is 1. The van der Waals surface area contributed by atoms with Crippen LogP contribution in [0.2, 0.25) is 0 Å². The fourth-order valence-electron chi connectivity index (χ4n) is 1.48. The number of methoxy groups -OCH3 is 1. The van der Waals surface area contributed by atoms with Crippen molar-refractivity contribution in [1.82, 2.24) is 10.2 Å². The van der Waals surface area contributed by atoms with Crippen LogP contribution in [0.25, 0.3) is 11.3 Å². The molecule has 0 bridgehead atoms. The SMILES string of the molecule is COc1c(F)cc(Br)c(F)c1-c1cc(N)n[nH]1. The number of aromatic nitrogens is 2. The number of nitrogens with two attached hydrogens (primary N) is 1. The van der Waals surface area contributed by atoms with E-state index in [1.165, 1.54) is 13.2 Å². The molecule has 0 spiro atoms. The highest BCUT2D eigenvalue weighted by molar-refractivity contribution is 9.10. The van der Waals surface area contributed by atoms with Gasteiger partial charge in [0.15, 0.2) is 17.4 Å². The van der Waals surface area contributed by atoms with Crippen LogP contribution in [0, 0.1) is 11.6 Å². The van der Waals surface area contributed by atoms with Crippen LogP contribution >= 0.6 is 15.9 Å². The van der Waals surface area contributed by atoms with Crippen molar-refractivity contribution in [1.29, 1.82) is 0 Å². The average Bonchev–Trinajstić information content (AvgIpc) is 2.69. The Morgan fingerprint density at radius 2 is 2.12 bits per heavy atom. The standard InChI is InChI=1S/C10H8BrF2N3O/c1-17-10-5(12)2-4(11)9(13)8(10)6-3-7(14)16-15-6/h2-3H,1H3,(H3,14,15,16). The van der Waals surface area contributed by atoms with Crippen molar-refractivity contribution >= 4 is 21.7 Å². The molecular formula is C10H8BrF2N3O. The van der Waals surface area contributed by atoms with Crippen LogP contribution in [0.5, 0.6) is 5.75 Å². The van der Waals surface area contributed by atoms with Gasteiger partial charge in [-0.3, -0.25) is 5.10 Å². The first-order valence-electron chi connectivity index (χ1n) is 4.57. The van der Waals surface area contributed by atoms with E-state index in [1.807, 2.05) is 0 Å². The van der Waals surface area contributed by atoms with E-state index in [-0.39, 0.29) is 27.3 Å². The van der Waals surface area contributed by atoms with Crippen LogP contribution < -0.4 is 10.5 Å². The van der Waals surface area contributed by atoms with E-state index in [4.69, 9.17) is 10.5 Å². The molecule has 0 saturated carbocycles. The van der Waals surface area contributed by atoms with Crippen molar-refractivity contribution in [2.45, 2.75) is 0 Å². The molecule has 17 heavy (non-hydrogen) atoms. The Hall–Kier alpha value is -1.63. The monoisotopic (exact) mass is 303 g/mol. The molecule has 0 unspecified atom stereocenters. The zero-order valence-corrected chi connectivity index (χ0v) is 10.3. The van der Waals surface area contributed by atoms with Gasteiger partial charge in [-0.2, -0.15) is 5.10 Å². The summed E-state index contributed by atoms with van der Waals surface area (Å²) in [6.07, 6.45) is 0. The Kier molecular flexibility index (Phi) is 3.01. The van der Waals surface area contributed by atoms with Crippen LogP contribution in [-0.4, -0.2) is 17.3 Å². The molecular weight excluding hydrogens is 296 g/mol. The Labute approximate surface area is 104 Å². The summed E-state index contributed by atoms with van der Waals surface area (Å²) < 4.78 is 32.4. The molecule has 0 amide bonds. The molecule has 0 radical (unpaired) electrons. The van der Waals surface area contributed by atoms with E-state index in [0.29, 0.717) is 0 Å². The second-order valence-electron chi connectivity index (χ2n) is 3.27. The highest BCUT2D eigenvalue weighted by atomic mass is 79.9. The lowest BCUT2D eigenvalue weighted by atomic mass is 10.1. The first-order valence-corrected chi connectivity index (χ1v) is 5.36. The van der Waals surface area contributed by atoms with E-state index in [1.54, 1.807) is 0 Å². The molecule has 0 aliphatic rings. The van der Waals surface area contributed by atoms with Crippen LogP contribution in [-0.2, 0) is 0 Å². The van der Waals surface area contributed by atoms with Gasteiger partial charge in [0.25, 0.3) is 0 Å². The molecule has 4 nitrogen and oxygen atoms in total. The first-order chi connectivity index (χ1) is 8.04. The summed E-state index contributed by atoms with van der Waals surface area (Å²) in [7, 11) is 1.26. The summed E-state index contributed by atoms with van der Waals surface area (Å²) in [6.45, 7) is 0. The van der Waals surface area contributed by atoms with Gasteiger partial charge in [0.2, 0.25) is 0 Å². The van der Waals surface area contributed by atoms with Crippen LogP contribution in [0.15, 0.2) is 16.6 Å². The molecule has 3 N–H and O–H groups in total. The Morgan fingerprint density at radius 1 is 1.41 bits per heavy atom. The number of halogens is 3. The molecule has 1 aromatic heterocycles. The van der Waals surface area contributed by atoms with Crippen LogP contribution in [0.1, 0.15) is 0 Å². The Bertz CT molecular complexity index is 571. The van der Waals surface area contributed by atoms with Crippen molar-refractivity contribution < 1.29 is 13.5 Å². The fourth-order valence-corrected chi connectivity index (χ4v) is 1.88. The highest BCUT2D eigenvalue weighted by Gasteiger charge is 2.21. The molecule has 0 fully saturated rings. The van der Waals surface area contributed by atoms with Gasteiger partial charge in [-0.1, -0.05) is 0 Å². The smallest absolute Gasteiger partial charge is 0.167 e. The fraction of sp³-hybridized carbons (Fsp3) is 0.100. The normalized spacial score (nSPS) is 10.6. The number of nitrogen functional groups attached to an aromatic ring is 1. The largest absolute Gasteiger partial charge is 0.493 e. The molecule has 2 aromatic rings. The minimum Gasteiger partial charge on any atom is -0.493 e. The number of aromatic amines is 1. The van der Waals surface area contributed by atoms with Crippen LogP contribution in [0.3, 0.4) is 0 Å². The van der Waals surface area contributed by atoms with E-state index in [9.17, 15) is 8.78 Å². The van der Waals surface area contributed by atoms with Crippen molar-refractivity contribution in [2.75, 3.05) is 12.8 Å². The molecule has 0 atom stereocenters. The topological polar surface area (TPSA) is 63.9 Å². The molecule has 90 valence electrons. The number of H-pyrrole nitrogens is 1. The third-order valence-corrected chi connectivity index (χ3v) is 2.77. The predicted octanol–water partition coefficient (Wildman–Crippen LogP) is 2.71. The maximum Gasteiger partial charge on any atom is 0.167 e. The summed E-state index contributed by atoms with van der Waals surface area (Å²) in [4.78, 5) is 0. The summed E-state index contributed by atoms with van der Waals surface area (Å²) in [5, 5.41) is 6.17. The zero-order chi connectivity index (χ0) is 12.6. The average molecular weight is 304 g/mol. The molecule has 0 saturated heterocycles. The molecule has 0 aliphatic carbocycles. The first kappa shape index (κ1) is 11.8. The summed E-state index contributed by atoms with van der Waals surface area (Å²) in [5.74, 6) is -1.34. The number of ether oxygens (including phenoxy) is 1. The molecule has 2 rings (SSSR count). The van der Waals surface area contributed by atoms with Crippen molar-refractivity contribution in [3.8, 4) is 17.0 Å². The minimum atomic E-state index is -0.677. The van der Waals surface area contributed by atoms with Gasteiger partial charge in [0.05, 0.1) is 22.8 Å². The van der Waals surface area contributed by atoms with E-state index in [0.717, 1.165) is 6.07 Å². The number of hydrogen-bond acceptors (Lipinski definition) is 3. The van der Waals surface area contributed by atoms with E-state index < -0.39 is 11.6 Å². The minimum absolute atomic E-state index is 0.000952. The van der Waals surface area contributed by atoms with E-state index >= 15 is 0 Å². The second kappa shape index (κ2) is 4.33. The summed E-state index contributed by atoms with van der Waals surface area (Å²) >= 11 is 2.93. The number of nitrogens with one attached hydrogen (secondary N) is 1. The second-order valence-corrected chi connectivity index (χ2v) is 4.12. The molecule has 1 heterocycles. The lowest BCUT2D eigenvalue weighted by Crippen LogP contribution is -1.97. The number of benzene rings is 1. The number of rotatable bonds is 2. The third kappa shape index (κ3) is 1.97. The summed E-state index contributed by atoms with van der Waals surface area (Å²) in [5.41, 5.74) is 5.62. The molecule has 0 aliphatic heterocycles.